The van der Waals surface area contributed by atoms with Gasteiger partial charge in [0, 0.05) is 40.0 Å². The van der Waals surface area contributed by atoms with Gasteiger partial charge in [0.2, 0.25) is 0 Å². The number of carbonyl (C=O) groups is 1. The lowest BCUT2D eigenvalue weighted by molar-refractivity contribution is 0.182. The highest BCUT2D eigenvalue weighted by Crippen LogP contribution is 2.30. The van der Waals surface area contributed by atoms with Crippen LogP contribution in [-0.2, 0) is 13.0 Å². The zero-order valence-corrected chi connectivity index (χ0v) is 15.1. The number of anilines is 1. The molecule has 1 aliphatic rings. The Balaban J connectivity index is 1.59. The first-order chi connectivity index (χ1) is 12.6. The van der Waals surface area contributed by atoms with Crippen molar-refractivity contribution in [3.8, 4) is 11.3 Å². The minimum atomic E-state index is -0.134. The Labute approximate surface area is 157 Å². The van der Waals surface area contributed by atoms with E-state index in [2.05, 4.69) is 15.5 Å². The van der Waals surface area contributed by atoms with Gasteiger partial charge in [-0.05, 0) is 25.1 Å². The minimum absolute atomic E-state index is 0.0748. The highest BCUT2D eigenvalue weighted by Gasteiger charge is 2.30. The van der Waals surface area contributed by atoms with E-state index in [4.69, 9.17) is 11.6 Å². The minimum Gasteiger partial charge on any atom is -0.317 e. The first-order valence-corrected chi connectivity index (χ1v) is 8.94. The molecule has 1 aliphatic heterocycles. The van der Waals surface area contributed by atoms with Gasteiger partial charge in [0.25, 0.3) is 0 Å². The second kappa shape index (κ2) is 6.84. The highest BCUT2D eigenvalue weighted by atomic mass is 35.5. The molecule has 0 radical (unpaired) electrons. The number of hydrogen-bond donors (Lipinski definition) is 2. The van der Waals surface area contributed by atoms with Gasteiger partial charge < -0.3 is 10.2 Å². The van der Waals surface area contributed by atoms with Crippen LogP contribution in [0.4, 0.5) is 10.5 Å². The number of hydrogen-bond acceptors (Lipinski definition) is 2. The molecule has 0 bridgehead atoms. The average Bonchev–Trinajstić information content (AvgIpc) is 3.04. The fourth-order valence-corrected chi connectivity index (χ4v) is 3.53. The molecule has 3 aromatic rings. The van der Waals surface area contributed by atoms with Crippen LogP contribution >= 0.6 is 11.6 Å². The predicted octanol–water partition coefficient (Wildman–Crippen LogP) is 4.71. The van der Waals surface area contributed by atoms with E-state index in [9.17, 15) is 4.79 Å². The summed E-state index contributed by atoms with van der Waals surface area (Å²) in [6, 6.07) is 17.1. The standard InChI is InChI=1S/C20H19ClN4O/c1-13-10-18-17(19(24-23-18)14-6-3-2-4-7-14)12-25(13)20(26)22-16-9-5-8-15(21)11-16/h2-9,11,13H,10,12H2,1H3,(H,22,26)(H,23,24). The number of nitrogens with one attached hydrogen (secondary N) is 2. The molecule has 2 amide bonds. The van der Waals surface area contributed by atoms with Gasteiger partial charge in [-0.3, -0.25) is 5.10 Å². The van der Waals surface area contributed by atoms with Crippen molar-refractivity contribution in [2.24, 2.45) is 0 Å². The molecule has 1 aromatic heterocycles. The number of carbonyl (C=O) groups excluding carboxylic acids is 1. The third-order valence-corrected chi connectivity index (χ3v) is 4.93. The summed E-state index contributed by atoms with van der Waals surface area (Å²) in [7, 11) is 0. The van der Waals surface area contributed by atoms with Crippen LogP contribution in [-0.4, -0.2) is 27.2 Å². The number of aromatic amines is 1. The van der Waals surface area contributed by atoms with Gasteiger partial charge in [-0.25, -0.2) is 4.79 Å². The second-order valence-electron chi connectivity index (χ2n) is 6.52. The predicted molar refractivity (Wildman–Crippen MR) is 103 cm³/mol. The van der Waals surface area contributed by atoms with Crippen molar-refractivity contribution < 1.29 is 4.79 Å². The third-order valence-electron chi connectivity index (χ3n) is 4.70. The van der Waals surface area contributed by atoms with Crippen molar-refractivity contribution in [1.82, 2.24) is 15.1 Å². The Morgan fingerprint density at radius 1 is 1.23 bits per heavy atom. The van der Waals surface area contributed by atoms with E-state index < -0.39 is 0 Å². The number of fused-ring (bicyclic) bond motifs is 1. The van der Waals surface area contributed by atoms with Crippen molar-refractivity contribution >= 4 is 23.3 Å². The van der Waals surface area contributed by atoms with E-state index in [1.807, 2.05) is 54.3 Å². The summed E-state index contributed by atoms with van der Waals surface area (Å²) < 4.78 is 0. The number of H-pyrrole nitrogens is 1. The molecule has 26 heavy (non-hydrogen) atoms. The molecule has 0 aliphatic carbocycles. The Morgan fingerprint density at radius 3 is 2.81 bits per heavy atom. The van der Waals surface area contributed by atoms with Gasteiger partial charge in [0.1, 0.15) is 0 Å². The summed E-state index contributed by atoms with van der Waals surface area (Å²) in [6.07, 6.45) is 0.748. The zero-order valence-electron chi connectivity index (χ0n) is 14.4. The maximum Gasteiger partial charge on any atom is 0.322 e. The maximum atomic E-state index is 12.8. The van der Waals surface area contributed by atoms with Crippen LogP contribution in [0.3, 0.4) is 0 Å². The van der Waals surface area contributed by atoms with Gasteiger partial charge in [-0.1, -0.05) is 48.0 Å². The van der Waals surface area contributed by atoms with Crippen LogP contribution in [0.2, 0.25) is 5.02 Å². The smallest absolute Gasteiger partial charge is 0.317 e. The van der Waals surface area contributed by atoms with Gasteiger partial charge in [0.05, 0.1) is 12.2 Å². The molecule has 0 saturated heterocycles. The monoisotopic (exact) mass is 366 g/mol. The number of rotatable bonds is 2. The van der Waals surface area contributed by atoms with Crippen molar-refractivity contribution in [1.29, 1.82) is 0 Å². The van der Waals surface area contributed by atoms with Crippen molar-refractivity contribution in [3.63, 3.8) is 0 Å². The van der Waals surface area contributed by atoms with Crippen molar-refractivity contribution in [2.75, 3.05) is 5.32 Å². The molecule has 2 heterocycles. The number of urea groups is 1. The topological polar surface area (TPSA) is 61.0 Å². The van der Waals surface area contributed by atoms with Crippen LogP contribution in [0, 0.1) is 0 Å². The molecule has 132 valence electrons. The van der Waals surface area contributed by atoms with E-state index in [1.54, 1.807) is 12.1 Å². The summed E-state index contributed by atoms with van der Waals surface area (Å²) >= 11 is 6.01. The van der Waals surface area contributed by atoms with E-state index in [-0.39, 0.29) is 12.1 Å². The largest absolute Gasteiger partial charge is 0.322 e. The SMILES string of the molecule is CC1Cc2[nH]nc(-c3ccccc3)c2CN1C(=O)Nc1cccc(Cl)c1. The van der Waals surface area contributed by atoms with Crippen LogP contribution in [0.15, 0.2) is 54.6 Å². The quantitative estimate of drug-likeness (QED) is 0.690. The number of halogens is 1. The molecule has 0 fully saturated rings. The number of nitrogens with zero attached hydrogens (tertiary/aromatic N) is 2. The number of aromatic nitrogens is 2. The van der Waals surface area contributed by atoms with Gasteiger partial charge in [-0.15, -0.1) is 0 Å². The van der Waals surface area contributed by atoms with Crippen LogP contribution < -0.4 is 5.32 Å². The Kier molecular flexibility index (Phi) is 4.39. The number of benzene rings is 2. The maximum absolute atomic E-state index is 12.8. The molecule has 4 rings (SSSR count). The van der Waals surface area contributed by atoms with Gasteiger partial charge in [0.15, 0.2) is 0 Å². The normalized spacial score (nSPS) is 16.2. The Hall–Kier alpha value is -2.79. The lowest BCUT2D eigenvalue weighted by atomic mass is 9.97. The average molecular weight is 367 g/mol. The first kappa shape index (κ1) is 16.7. The second-order valence-corrected chi connectivity index (χ2v) is 6.95. The third kappa shape index (κ3) is 3.18. The van der Waals surface area contributed by atoms with Crippen LogP contribution in [0.1, 0.15) is 18.2 Å². The molecular formula is C20H19ClN4O. The lowest BCUT2D eigenvalue weighted by Gasteiger charge is -2.33. The molecule has 0 spiro atoms. The summed E-state index contributed by atoms with van der Waals surface area (Å²) in [6.45, 7) is 2.56. The van der Waals surface area contributed by atoms with E-state index in [0.29, 0.717) is 17.3 Å². The van der Waals surface area contributed by atoms with Crippen molar-refractivity contribution in [3.05, 3.63) is 70.9 Å². The molecule has 1 unspecified atom stereocenters. The Bertz CT molecular complexity index is 938. The van der Waals surface area contributed by atoms with E-state index >= 15 is 0 Å². The molecular weight excluding hydrogens is 348 g/mol. The van der Waals surface area contributed by atoms with E-state index in [1.165, 1.54) is 0 Å². The highest BCUT2D eigenvalue weighted by molar-refractivity contribution is 6.30. The van der Waals surface area contributed by atoms with Crippen LogP contribution in [0.5, 0.6) is 0 Å². The summed E-state index contributed by atoms with van der Waals surface area (Å²) in [4.78, 5) is 14.6. The molecule has 0 saturated carbocycles. The number of amides is 2. The van der Waals surface area contributed by atoms with Gasteiger partial charge in [-0.2, -0.15) is 5.10 Å². The zero-order chi connectivity index (χ0) is 18.1. The fourth-order valence-electron chi connectivity index (χ4n) is 3.34. The molecule has 2 N–H and O–H groups in total. The van der Waals surface area contributed by atoms with Gasteiger partial charge >= 0.3 is 6.03 Å². The first-order valence-electron chi connectivity index (χ1n) is 8.56. The molecule has 6 heteroatoms. The van der Waals surface area contributed by atoms with Crippen LogP contribution in [0.25, 0.3) is 11.3 Å². The molecule has 2 aromatic carbocycles. The summed E-state index contributed by atoms with van der Waals surface area (Å²) in [5.74, 6) is 0. The Morgan fingerprint density at radius 2 is 2.04 bits per heavy atom. The fraction of sp³-hybridized carbons (Fsp3) is 0.200. The lowest BCUT2D eigenvalue weighted by Crippen LogP contribution is -2.44. The summed E-state index contributed by atoms with van der Waals surface area (Å²) in [5, 5.41) is 11.2. The molecule has 1 atom stereocenters. The summed E-state index contributed by atoms with van der Waals surface area (Å²) in [5.41, 5.74) is 4.83. The van der Waals surface area contributed by atoms with Crippen molar-refractivity contribution in [2.45, 2.75) is 25.9 Å². The molecule has 5 nitrogen and oxygen atoms in total. The van der Waals surface area contributed by atoms with E-state index in [0.717, 1.165) is 28.9 Å².